The van der Waals surface area contributed by atoms with E-state index >= 15 is 0 Å². The van der Waals surface area contributed by atoms with Gasteiger partial charge in [0.05, 0.1) is 23.7 Å². The molecule has 4 nitrogen and oxygen atoms in total. The molecule has 1 N–H and O–H groups in total. The molecular weight excluding hydrogens is 383 g/mol. The molecule has 1 heterocycles. The Hall–Kier alpha value is -2.69. The van der Waals surface area contributed by atoms with E-state index in [0.29, 0.717) is 27.4 Å². The summed E-state index contributed by atoms with van der Waals surface area (Å²) in [5.74, 6) is 1.94. The van der Waals surface area contributed by atoms with Crippen LogP contribution in [0.5, 0.6) is 11.5 Å². The summed E-state index contributed by atoms with van der Waals surface area (Å²) < 4.78 is 11.6. The second-order valence-corrected chi connectivity index (χ2v) is 6.81. The highest BCUT2D eigenvalue weighted by Gasteiger charge is 2.16. The number of imidazole rings is 1. The van der Waals surface area contributed by atoms with Crippen LogP contribution in [0.4, 0.5) is 0 Å². The Morgan fingerprint density at radius 2 is 1.85 bits per heavy atom. The fourth-order valence-electron chi connectivity index (χ4n) is 2.88. The van der Waals surface area contributed by atoms with Gasteiger partial charge in [0.2, 0.25) is 0 Å². The van der Waals surface area contributed by atoms with Gasteiger partial charge in [-0.1, -0.05) is 47.5 Å². The molecule has 0 spiro atoms. The molecule has 0 saturated heterocycles. The standard InChI is InChI=1S/C21H16Cl2N2O2/c1-26-19-8-4-5-15(21-24-17-6-2-3-7-18(17)25-21)20(19)27-12-13-9-10-14(22)11-16(13)23/h2-11H,12H2,1H3,(H,24,25). The lowest BCUT2D eigenvalue weighted by molar-refractivity contribution is 0.286. The quantitative estimate of drug-likeness (QED) is 0.440. The number of aromatic nitrogens is 2. The highest BCUT2D eigenvalue weighted by molar-refractivity contribution is 6.35. The SMILES string of the molecule is COc1cccc(-c2nc3ccccc3[nH]2)c1OCc1ccc(Cl)cc1Cl. The van der Waals surface area contributed by atoms with Crippen molar-refractivity contribution in [3.8, 4) is 22.9 Å². The summed E-state index contributed by atoms with van der Waals surface area (Å²) >= 11 is 12.2. The van der Waals surface area contributed by atoms with E-state index in [1.54, 1.807) is 19.2 Å². The minimum absolute atomic E-state index is 0.281. The van der Waals surface area contributed by atoms with Crippen molar-refractivity contribution in [2.24, 2.45) is 0 Å². The predicted octanol–water partition coefficient (Wildman–Crippen LogP) is 6.12. The lowest BCUT2D eigenvalue weighted by Gasteiger charge is -2.14. The van der Waals surface area contributed by atoms with Crippen LogP contribution in [0.3, 0.4) is 0 Å². The van der Waals surface area contributed by atoms with Crippen LogP contribution < -0.4 is 9.47 Å². The van der Waals surface area contributed by atoms with Gasteiger partial charge in [-0.3, -0.25) is 0 Å². The maximum atomic E-state index is 6.27. The van der Waals surface area contributed by atoms with Crippen molar-refractivity contribution < 1.29 is 9.47 Å². The maximum absolute atomic E-state index is 6.27. The summed E-state index contributed by atoms with van der Waals surface area (Å²) in [5, 5.41) is 1.15. The molecule has 27 heavy (non-hydrogen) atoms. The van der Waals surface area contributed by atoms with E-state index in [0.717, 1.165) is 22.2 Å². The smallest absolute Gasteiger partial charge is 0.172 e. The number of para-hydroxylation sites is 3. The van der Waals surface area contributed by atoms with Gasteiger partial charge in [-0.25, -0.2) is 4.98 Å². The largest absolute Gasteiger partial charge is 0.493 e. The van der Waals surface area contributed by atoms with E-state index in [1.165, 1.54) is 0 Å². The van der Waals surface area contributed by atoms with Crippen molar-refractivity contribution in [2.45, 2.75) is 6.61 Å². The predicted molar refractivity (Wildman–Crippen MR) is 109 cm³/mol. The average Bonchev–Trinajstić information content (AvgIpc) is 3.11. The van der Waals surface area contributed by atoms with Gasteiger partial charge >= 0.3 is 0 Å². The Morgan fingerprint density at radius 1 is 1.00 bits per heavy atom. The monoisotopic (exact) mass is 398 g/mol. The topological polar surface area (TPSA) is 47.1 Å². The number of aromatic amines is 1. The first kappa shape index (κ1) is 17.7. The number of nitrogens with zero attached hydrogens (tertiary/aromatic N) is 1. The molecule has 0 unspecified atom stereocenters. The number of hydrogen-bond donors (Lipinski definition) is 1. The first-order valence-electron chi connectivity index (χ1n) is 8.34. The van der Waals surface area contributed by atoms with E-state index in [2.05, 4.69) is 9.97 Å². The summed E-state index contributed by atoms with van der Waals surface area (Å²) in [7, 11) is 1.61. The first-order valence-corrected chi connectivity index (χ1v) is 9.10. The van der Waals surface area contributed by atoms with Crippen LogP contribution in [0.25, 0.3) is 22.4 Å². The Balaban J connectivity index is 1.72. The second-order valence-electron chi connectivity index (χ2n) is 5.96. The van der Waals surface area contributed by atoms with Crippen molar-refractivity contribution in [1.82, 2.24) is 9.97 Å². The van der Waals surface area contributed by atoms with Gasteiger partial charge in [-0.15, -0.1) is 0 Å². The van der Waals surface area contributed by atoms with E-state index < -0.39 is 0 Å². The Morgan fingerprint density at radius 3 is 2.63 bits per heavy atom. The third-order valence-corrected chi connectivity index (χ3v) is 4.82. The van der Waals surface area contributed by atoms with Gasteiger partial charge in [-0.05, 0) is 36.4 Å². The molecule has 0 radical (unpaired) electrons. The molecule has 0 amide bonds. The summed E-state index contributed by atoms with van der Waals surface area (Å²) in [4.78, 5) is 8.00. The van der Waals surface area contributed by atoms with Crippen LogP contribution in [0.1, 0.15) is 5.56 Å². The number of ether oxygens (including phenoxy) is 2. The van der Waals surface area contributed by atoms with Crippen LogP contribution in [-0.4, -0.2) is 17.1 Å². The van der Waals surface area contributed by atoms with Crippen LogP contribution >= 0.6 is 23.2 Å². The number of nitrogens with one attached hydrogen (secondary N) is 1. The number of rotatable bonds is 5. The number of H-pyrrole nitrogens is 1. The zero-order valence-corrected chi connectivity index (χ0v) is 16.0. The van der Waals surface area contributed by atoms with Gasteiger partial charge in [-0.2, -0.15) is 0 Å². The number of fused-ring (bicyclic) bond motifs is 1. The van der Waals surface area contributed by atoms with Crippen molar-refractivity contribution in [3.05, 3.63) is 76.3 Å². The molecule has 0 aliphatic carbocycles. The molecule has 3 aromatic carbocycles. The van der Waals surface area contributed by atoms with E-state index in [4.69, 9.17) is 32.7 Å². The van der Waals surface area contributed by atoms with Crippen molar-refractivity contribution >= 4 is 34.2 Å². The molecule has 136 valence electrons. The summed E-state index contributed by atoms with van der Waals surface area (Å²) in [6.07, 6.45) is 0. The maximum Gasteiger partial charge on any atom is 0.172 e. The zero-order valence-electron chi connectivity index (χ0n) is 14.5. The highest BCUT2D eigenvalue weighted by Crippen LogP contribution is 2.38. The third-order valence-electron chi connectivity index (χ3n) is 4.23. The number of methoxy groups -OCH3 is 1. The fourth-order valence-corrected chi connectivity index (χ4v) is 3.34. The minimum atomic E-state index is 0.281. The molecule has 4 aromatic rings. The van der Waals surface area contributed by atoms with E-state index in [-0.39, 0.29) is 6.61 Å². The number of hydrogen-bond acceptors (Lipinski definition) is 3. The lowest BCUT2D eigenvalue weighted by atomic mass is 10.1. The molecule has 0 fully saturated rings. The molecule has 4 rings (SSSR count). The summed E-state index contributed by atoms with van der Waals surface area (Å²) in [6.45, 7) is 0.281. The third kappa shape index (κ3) is 3.59. The highest BCUT2D eigenvalue weighted by atomic mass is 35.5. The molecule has 0 bridgehead atoms. The summed E-state index contributed by atoms with van der Waals surface area (Å²) in [6, 6.07) is 18.9. The van der Waals surface area contributed by atoms with Gasteiger partial charge in [0, 0.05) is 15.6 Å². The number of halogens is 2. The van der Waals surface area contributed by atoms with Crippen LogP contribution in [0, 0.1) is 0 Å². The minimum Gasteiger partial charge on any atom is -0.493 e. The second kappa shape index (κ2) is 7.51. The van der Waals surface area contributed by atoms with Crippen LogP contribution in [-0.2, 0) is 6.61 Å². The van der Waals surface area contributed by atoms with Crippen molar-refractivity contribution in [3.63, 3.8) is 0 Å². The Bertz CT molecular complexity index is 1080. The molecular formula is C21H16Cl2N2O2. The van der Waals surface area contributed by atoms with Crippen LogP contribution in [0.2, 0.25) is 10.0 Å². The molecule has 6 heteroatoms. The lowest BCUT2D eigenvalue weighted by Crippen LogP contribution is -2.00. The molecule has 1 aromatic heterocycles. The van der Waals surface area contributed by atoms with Crippen molar-refractivity contribution in [2.75, 3.05) is 7.11 Å². The fraction of sp³-hybridized carbons (Fsp3) is 0.0952. The normalized spacial score (nSPS) is 10.9. The van der Waals surface area contributed by atoms with Gasteiger partial charge in [0.1, 0.15) is 12.4 Å². The van der Waals surface area contributed by atoms with Crippen molar-refractivity contribution in [1.29, 1.82) is 0 Å². The van der Waals surface area contributed by atoms with Gasteiger partial charge in [0.15, 0.2) is 11.5 Å². The molecule has 0 aliphatic rings. The zero-order chi connectivity index (χ0) is 18.8. The molecule has 0 atom stereocenters. The van der Waals surface area contributed by atoms with Gasteiger partial charge in [0.25, 0.3) is 0 Å². The molecule has 0 aliphatic heterocycles. The average molecular weight is 399 g/mol. The summed E-state index contributed by atoms with van der Waals surface area (Å²) in [5.41, 5.74) is 3.50. The Kier molecular flexibility index (Phi) is 4.92. The van der Waals surface area contributed by atoms with E-state index in [9.17, 15) is 0 Å². The van der Waals surface area contributed by atoms with Gasteiger partial charge < -0.3 is 14.5 Å². The van der Waals surface area contributed by atoms with Crippen LogP contribution in [0.15, 0.2) is 60.7 Å². The molecule has 0 saturated carbocycles. The number of benzene rings is 3. The van der Waals surface area contributed by atoms with E-state index in [1.807, 2.05) is 48.5 Å². The first-order chi connectivity index (χ1) is 13.2. The Labute approximate surface area is 166 Å².